The number of fused-ring (bicyclic) bond motifs is 1. The molecule has 3 rings (SSSR count). The number of nitrogens with one attached hydrogen (secondary N) is 1. The molecule has 1 aliphatic heterocycles. The zero-order chi connectivity index (χ0) is 18.9. The Bertz CT molecular complexity index is 860. The summed E-state index contributed by atoms with van der Waals surface area (Å²) in [6.07, 6.45) is 2.78. The van der Waals surface area contributed by atoms with E-state index < -0.39 is 0 Å². The second kappa shape index (κ2) is 7.12. The van der Waals surface area contributed by atoms with Crippen LogP contribution in [0.25, 0.3) is 0 Å². The van der Waals surface area contributed by atoms with Gasteiger partial charge in [-0.1, -0.05) is 30.7 Å². The van der Waals surface area contributed by atoms with Gasteiger partial charge in [-0.25, -0.2) is 5.43 Å². The van der Waals surface area contributed by atoms with E-state index in [1.807, 2.05) is 6.07 Å². The Morgan fingerprint density at radius 2 is 2.08 bits per heavy atom. The van der Waals surface area contributed by atoms with Crippen molar-refractivity contribution in [2.75, 3.05) is 11.9 Å². The van der Waals surface area contributed by atoms with Gasteiger partial charge in [0.25, 0.3) is 5.91 Å². The Morgan fingerprint density at radius 1 is 1.31 bits per heavy atom. The maximum Gasteiger partial charge on any atom is 0.271 e. The van der Waals surface area contributed by atoms with Gasteiger partial charge in [-0.15, -0.1) is 0 Å². The average Bonchev–Trinajstić information content (AvgIpc) is 2.59. The Hall–Kier alpha value is -2.33. The van der Waals surface area contributed by atoms with Crippen molar-refractivity contribution in [3.8, 4) is 0 Å². The first kappa shape index (κ1) is 18.5. The van der Waals surface area contributed by atoms with Crippen molar-refractivity contribution in [1.29, 1.82) is 0 Å². The van der Waals surface area contributed by atoms with Crippen LogP contribution in [0.3, 0.4) is 0 Å². The van der Waals surface area contributed by atoms with E-state index in [9.17, 15) is 4.79 Å². The predicted octanol–water partition coefficient (Wildman–Crippen LogP) is 4.83. The molecule has 5 heteroatoms. The third-order valence-corrected chi connectivity index (χ3v) is 5.36. The van der Waals surface area contributed by atoms with E-state index in [4.69, 9.17) is 11.6 Å². The first-order chi connectivity index (χ1) is 12.3. The summed E-state index contributed by atoms with van der Waals surface area (Å²) in [5.74, 6) is 0.196. The number of hydrogen-bond donors (Lipinski definition) is 1. The Labute approximate surface area is 159 Å². The van der Waals surface area contributed by atoms with Crippen LogP contribution in [0.5, 0.6) is 0 Å². The van der Waals surface area contributed by atoms with Gasteiger partial charge in [0, 0.05) is 28.9 Å². The smallest absolute Gasteiger partial charge is 0.271 e. The van der Waals surface area contributed by atoms with E-state index >= 15 is 0 Å². The number of hydrogen-bond acceptors (Lipinski definition) is 3. The van der Waals surface area contributed by atoms with Gasteiger partial charge < -0.3 is 4.90 Å². The fraction of sp³-hybridized carbons (Fsp3) is 0.333. The Balaban J connectivity index is 1.74. The molecule has 0 radical (unpaired) electrons. The number of amides is 1. The normalized spacial score (nSPS) is 18.7. The first-order valence-corrected chi connectivity index (χ1v) is 9.12. The number of benzene rings is 2. The second-order valence-corrected chi connectivity index (χ2v) is 7.94. The Kier molecular flexibility index (Phi) is 5.05. The van der Waals surface area contributed by atoms with Crippen molar-refractivity contribution in [1.82, 2.24) is 5.43 Å². The van der Waals surface area contributed by atoms with Gasteiger partial charge in [-0.05, 0) is 67.6 Å². The number of nitrogens with zero attached hydrogens (tertiary/aromatic N) is 2. The maximum atomic E-state index is 12.1. The molecule has 4 nitrogen and oxygen atoms in total. The highest BCUT2D eigenvalue weighted by molar-refractivity contribution is 6.30. The summed E-state index contributed by atoms with van der Waals surface area (Å²) < 4.78 is 0. The van der Waals surface area contributed by atoms with Crippen LogP contribution in [-0.2, 0) is 0 Å². The number of rotatable bonds is 3. The van der Waals surface area contributed by atoms with Crippen molar-refractivity contribution in [3.05, 3.63) is 64.2 Å². The summed E-state index contributed by atoms with van der Waals surface area (Å²) >= 11 is 5.91. The van der Waals surface area contributed by atoms with Crippen LogP contribution in [0.1, 0.15) is 54.6 Å². The summed E-state index contributed by atoms with van der Waals surface area (Å²) in [4.78, 5) is 14.4. The second-order valence-electron chi connectivity index (χ2n) is 7.50. The highest BCUT2D eigenvalue weighted by Crippen LogP contribution is 2.42. The number of carbonyl (C=O) groups is 1. The highest BCUT2D eigenvalue weighted by Gasteiger charge is 2.33. The van der Waals surface area contributed by atoms with Crippen molar-refractivity contribution < 1.29 is 4.79 Å². The largest absolute Gasteiger partial charge is 0.369 e. The highest BCUT2D eigenvalue weighted by atomic mass is 35.5. The topological polar surface area (TPSA) is 44.7 Å². The van der Waals surface area contributed by atoms with E-state index in [0.29, 0.717) is 16.5 Å². The molecule has 1 amide bonds. The molecule has 136 valence electrons. The fourth-order valence-electron chi connectivity index (χ4n) is 3.54. The van der Waals surface area contributed by atoms with Crippen LogP contribution < -0.4 is 10.3 Å². The molecule has 0 saturated heterocycles. The van der Waals surface area contributed by atoms with E-state index in [1.54, 1.807) is 30.5 Å². The molecule has 1 N–H and O–H groups in total. The zero-order valence-electron chi connectivity index (χ0n) is 15.6. The van der Waals surface area contributed by atoms with Crippen LogP contribution >= 0.6 is 11.6 Å². The summed E-state index contributed by atoms with van der Waals surface area (Å²) in [5, 5.41) is 4.61. The molecule has 2 aromatic carbocycles. The number of carbonyl (C=O) groups excluding carboxylic acids is 1. The minimum Gasteiger partial charge on any atom is -0.369 e. The first-order valence-electron chi connectivity index (χ1n) is 8.75. The fourth-order valence-corrected chi connectivity index (χ4v) is 3.73. The van der Waals surface area contributed by atoms with Crippen LogP contribution in [-0.4, -0.2) is 24.7 Å². The molecular weight excluding hydrogens is 346 g/mol. The lowest BCUT2D eigenvalue weighted by Crippen LogP contribution is -2.45. The maximum absolute atomic E-state index is 12.1. The molecule has 0 unspecified atom stereocenters. The summed E-state index contributed by atoms with van der Waals surface area (Å²) in [6, 6.07) is 13.1. The zero-order valence-corrected chi connectivity index (χ0v) is 16.3. The molecular formula is C21H24ClN3O. The molecule has 26 heavy (non-hydrogen) atoms. The van der Waals surface area contributed by atoms with Gasteiger partial charge in [0.15, 0.2) is 0 Å². The standard InChI is InChI=1S/C21H24ClN3O/c1-14-12-21(2,3)25(4)19-9-8-15(10-18(14)19)13-23-24-20(26)16-6-5-7-17(22)11-16/h5-11,13-14H,12H2,1-4H3,(H,24,26)/b23-13-/t14-/m0/s1. The lowest BCUT2D eigenvalue weighted by molar-refractivity contribution is 0.0955. The monoisotopic (exact) mass is 369 g/mol. The molecule has 1 aliphatic rings. The van der Waals surface area contributed by atoms with Gasteiger partial charge in [0.1, 0.15) is 0 Å². The summed E-state index contributed by atoms with van der Waals surface area (Å²) in [6.45, 7) is 6.80. The molecule has 1 atom stereocenters. The quantitative estimate of drug-likeness (QED) is 0.622. The molecule has 0 fully saturated rings. The van der Waals surface area contributed by atoms with E-state index in [0.717, 1.165) is 12.0 Å². The van der Waals surface area contributed by atoms with Crippen molar-refractivity contribution in [3.63, 3.8) is 0 Å². The molecule has 2 aromatic rings. The van der Waals surface area contributed by atoms with Gasteiger partial charge >= 0.3 is 0 Å². The summed E-state index contributed by atoms with van der Waals surface area (Å²) in [7, 11) is 2.14. The van der Waals surface area contributed by atoms with Crippen molar-refractivity contribution >= 4 is 29.4 Å². The SMILES string of the molecule is C[C@H]1CC(C)(C)N(C)c2ccc(/C=N\NC(=O)c3cccc(Cl)c3)cc21. The minimum atomic E-state index is -0.281. The predicted molar refractivity (Wildman–Crippen MR) is 108 cm³/mol. The van der Waals surface area contributed by atoms with E-state index in [-0.39, 0.29) is 11.4 Å². The number of hydrazone groups is 1. The third-order valence-electron chi connectivity index (χ3n) is 5.12. The molecule has 0 bridgehead atoms. The Morgan fingerprint density at radius 3 is 2.81 bits per heavy atom. The number of anilines is 1. The minimum absolute atomic E-state index is 0.146. The molecule has 0 aliphatic carbocycles. The van der Waals surface area contributed by atoms with Crippen molar-refractivity contribution in [2.24, 2.45) is 5.10 Å². The molecule has 0 spiro atoms. The van der Waals surface area contributed by atoms with Gasteiger partial charge in [-0.3, -0.25) is 4.79 Å². The summed E-state index contributed by atoms with van der Waals surface area (Å²) in [5.41, 5.74) is 6.72. The third kappa shape index (κ3) is 3.75. The van der Waals surface area contributed by atoms with Gasteiger partial charge in [0.05, 0.1) is 6.21 Å². The molecule has 0 saturated carbocycles. The van der Waals surface area contributed by atoms with Crippen molar-refractivity contribution in [2.45, 2.75) is 38.6 Å². The van der Waals surface area contributed by atoms with Crippen LogP contribution in [0, 0.1) is 0 Å². The van der Waals surface area contributed by atoms with Crippen LogP contribution in [0.15, 0.2) is 47.6 Å². The van der Waals surface area contributed by atoms with E-state index in [2.05, 4.69) is 55.4 Å². The van der Waals surface area contributed by atoms with Crippen LogP contribution in [0.2, 0.25) is 5.02 Å². The van der Waals surface area contributed by atoms with Gasteiger partial charge in [0.2, 0.25) is 0 Å². The molecule has 1 heterocycles. The lowest BCUT2D eigenvalue weighted by atomic mass is 9.80. The lowest BCUT2D eigenvalue weighted by Gasteiger charge is -2.45. The molecule has 0 aromatic heterocycles. The van der Waals surface area contributed by atoms with Gasteiger partial charge in [-0.2, -0.15) is 5.10 Å². The van der Waals surface area contributed by atoms with Crippen LogP contribution in [0.4, 0.5) is 5.69 Å². The van der Waals surface area contributed by atoms with E-state index in [1.165, 1.54) is 11.3 Å². The average molecular weight is 370 g/mol. The number of halogens is 1.